The summed E-state index contributed by atoms with van der Waals surface area (Å²) < 4.78 is 5.35. The van der Waals surface area contributed by atoms with Crippen LogP contribution >= 0.6 is 0 Å². The summed E-state index contributed by atoms with van der Waals surface area (Å²) in [5.74, 6) is 1.11. The summed E-state index contributed by atoms with van der Waals surface area (Å²) in [5.41, 5.74) is 3.91. The number of ether oxygens (including phenoxy) is 1. The van der Waals surface area contributed by atoms with Crippen LogP contribution in [0.2, 0.25) is 0 Å². The van der Waals surface area contributed by atoms with E-state index < -0.39 is 0 Å². The second-order valence-electron chi connectivity index (χ2n) is 4.57. The summed E-state index contributed by atoms with van der Waals surface area (Å²) in [4.78, 5) is 0. The maximum atomic E-state index is 9.23. The van der Waals surface area contributed by atoms with Crippen molar-refractivity contribution in [2.45, 2.75) is 27.7 Å². The summed E-state index contributed by atoms with van der Waals surface area (Å²) in [5, 5.41) is 9.23. The largest absolute Gasteiger partial charge is 0.496 e. The first kappa shape index (κ1) is 13.3. The molecule has 0 fully saturated rings. The molecule has 0 saturated carbocycles. The number of aryl methyl sites for hydroxylation is 2. The molecule has 0 bridgehead atoms. The first-order valence-corrected chi connectivity index (χ1v) is 5.77. The first-order chi connectivity index (χ1) is 7.99. The van der Waals surface area contributed by atoms with Crippen molar-refractivity contribution in [3.63, 3.8) is 0 Å². The van der Waals surface area contributed by atoms with Crippen molar-refractivity contribution >= 4 is 5.57 Å². The standard InChI is InChI=1S/C15H19NO/c1-10(2)6-13(9-16)14-7-11(3)12(4)8-15(14)17-5/h6-8,10H,1-5H3/b13-6+. The van der Waals surface area contributed by atoms with Crippen LogP contribution in [0.1, 0.15) is 30.5 Å². The minimum Gasteiger partial charge on any atom is -0.496 e. The van der Waals surface area contributed by atoms with Gasteiger partial charge in [0.25, 0.3) is 0 Å². The molecule has 0 aromatic heterocycles. The van der Waals surface area contributed by atoms with E-state index in [1.807, 2.05) is 32.1 Å². The van der Waals surface area contributed by atoms with Gasteiger partial charge in [0, 0.05) is 5.56 Å². The first-order valence-electron chi connectivity index (χ1n) is 5.77. The van der Waals surface area contributed by atoms with Crippen LogP contribution in [0.3, 0.4) is 0 Å². The predicted octanol–water partition coefficient (Wildman–Crippen LogP) is 3.88. The Morgan fingerprint density at radius 1 is 1.29 bits per heavy atom. The molecule has 0 aliphatic rings. The molecule has 0 unspecified atom stereocenters. The molecule has 1 rings (SSSR count). The molecule has 2 nitrogen and oxygen atoms in total. The Balaban J connectivity index is 3.39. The predicted molar refractivity (Wildman–Crippen MR) is 70.9 cm³/mol. The van der Waals surface area contributed by atoms with Crippen molar-refractivity contribution < 1.29 is 4.74 Å². The van der Waals surface area contributed by atoms with Gasteiger partial charge in [0.15, 0.2) is 0 Å². The van der Waals surface area contributed by atoms with Crippen molar-refractivity contribution in [1.29, 1.82) is 5.26 Å². The zero-order chi connectivity index (χ0) is 13.0. The van der Waals surface area contributed by atoms with Gasteiger partial charge in [-0.05, 0) is 43.0 Å². The Kier molecular flexibility index (Phi) is 4.34. The van der Waals surface area contributed by atoms with Crippen molar-refractivity contribution in [3.8, 4) is 11.8 Å². The smallest absolute Gasteiger partial charge is 0.127 e. The number of rotatable bonds is 3. The van der Waals surface area contributed by atoms with Gasteiger partial charge in [0.2, 0.25) is 0 Å². The van der Waals surface area contributed by atoms with Crippen LogP contribution in [-0.2, 0) is 0 Å². The van der Waals surface area contributed by atoms with Crippen LogP contribution in [0.5, 0.6) is 5.75 Å². The topological polar surface area (TPSA) is 33.0 Å². The molecule has 0 aliphatic heterocycles. The van der Waals surface area contributed by atoms with Crippen molar-refractivity contribution in [2.24, 2.45) is 5.92 Å². The highest BCUT2D eigenvalue weighted by atomic mass is 16.5. The van der Waals surface area contributed by atoms with Gasteiger partial charge in [-0.15, -0.1) is 0 Å². The third kappa shape index (κ3) is 3.10. The quantitative estimate of drug-likeness (QED) is 0.737. The Labute approximate surface area is 104 Å². The monoisotopic (exact) mass is 229 g/mol. The average molecular weight is 229 g/mol. The molecular weight excluding hydrogens is 210 g/mol. The van der Waals surface area contributed by atoms with Crippen molar-refractivity contribution in [2.75, 3.05) is 7.11 Å². The van der Waals surface area contributed by atoms with E-state index in [0.29, 0.717) is 11.5 Å². The third-order valence-corrected chi connectivity index (χ3v) is 2.73. The minimum absolute atomic E-state index is 0.343. The lowest BCUT2D eigenvalue weighted by atomic mass is 9.97. The number of methoxy groups -OCH3 is 1. The van der Waals surface area contributed by atoms with E-state index in [1.165, 1.54) is 11.1 Å². The molecule has 0 N–H and O–H groups in total. The summed E-state index contributed by atoms with van der Waals surface area (Å²) in [7, 11) is 1.64. The maximum Gasteiger partial charge on any atom is 0.127 e. The van der Waals surface area contributed by atoms with E-state index >= 15 is 0 Å². The fraction of sp³-hybridized carbons (Fsp3) is 0.400. The van der Waals surface area contributed by atoms with Crippen molar-refractivity contribution in [1.82, 2.24) is 0 Å². The normalized spacial score (nSPS) is 11.5. The lowest BCUT2D eigenvalue weighted by Gasteiger charge is -2.11. The van der Waals surface area contributed by atoms with E-state index in [4.69, 9.17) is 4.74 Å². The van der Waals surface area contributed by atoms with Gasteiger partial charge in [-0.3, -0.25) is 0 Å². The molecule has 90 valence electrons. The van der Waals surface area contributed by atoms with Crippen LogP contribution < -0.4 is 4.74 Å². The molecule has 0 heterocycles. The lowest BCUT2D eigenvalue weighted by Crippen LogP contribution is -1.95. The Morgan fingerprint density at radius 2 is 1.88 bits per heavy atom. The number of nitriles is 1. The number of allylic oxidation sites excluding steroid dienone is 2. The molecule has 0 spiro atoms. The summed E-state index contributed by atoms with van der Waals surface area (Å²) in [6, 6.07) is 6.25. The molecule has 17 heavy (non-hydrogen) atoms. The summed E-state index contributed by atoms with van der Waals surface area (Å²) in [6.07, 6.45) is 1.96. The van der Waals surface area contributed by atoms with Gasteiger partial charge >= 0.3 is 0 Å². The Bertz CT molecular complexity index is 478. The van der Waals surface area contributed by atoms with Crippen LogP contribution in [0.4, 0.5) is 0 Å². The van der Waals surface area contributed by atoms with Gasteiger partial charge < -0.3 is 4.74 Å². The van der Waals surface area contributed by atoms with E-state index in [-0.39, 0.29) is 0 Å². The fourth-order valence-corrected chi connectivity index (χ4v) is 1.69. The molecule has 1 aromatic carbocycles. The highest BCUT2D eigenvalue weighted by Gasteiger charge is 2.10. The zero-order valence-electron chi connectivity index (χ0n) is 11.2. The van der Waals surface area contributed by atoms with Crippen LogP contribution in [-0.4, -0.2) is 7.11 Å². The van der Waals surface area contributed by atoms with Crippen LogP contribution in [0.15, 0.2) is 18.2 Å². The van der Waals surface area contributed by atoms with Crippen molar-refractivity contribution in [3.05, 3.63) is 34.9 Å². The molecular formula is C15H19NO. The molecule has 0 saturated heterocycles. The second kappa shape index (κ2) is 5.54. The van der Waals surface area contributed by atoms with E-state index in [2.05, 4.69) is 19.9 Å². The van der Waals surface area contributed by atoms with E-state index in [0.717, 1.165) is 11.3 Å². The highest BCUT2D eigenvalue weighted by molar-refractivity contribution is 5.81. The van der Waals surface area contributed by atoms with Gasteiger partial charge in [0.1, 0.15) is 5.75 Å². The molecule has 1 aromatic rings. The Morgan fingerprint density at radius 3 is 2.35 bits per heavy atom. The molecule has 0 atom stereocenters. The maximum absolute atomic E-state index is 9.23. The lowest BCUT2D eigenvalue weighted by molar-refractivity contribution is 0.413. The summed E-state index contributed by atoms with van der Waals surface area (Å²) in [6.45, 7) is 8.21. The Hall–Kier alpha value is -1.75. The minimum atomic E-state index is 0.343. The zero-order valence-corrected chi connectivity index (χ0v) is 11.2. The van der Waals surface area contributed by atoms with E-state index in [1.54, 1.807) is 7.11 Å². The molecule has 2 heteroatoms. The fourth-order valence-electron chi connectivity index (χ4n) is 1.69. The number of hydrogen-bond acceptors (Lipinski definition) is 2. The van der Waals surface area contributed by atoms with Gasteiger partial charge in [-0.1, -0.05) is 19.9 Å². The van der Waals surface area contributed by atoms with Gasteiger partial charge in [-0.2, -0.15) is 5.26 Å². The molecule has 0 amide bonds. The van der Waals surface area contributed by atoms with Gasteiger partial charge in [0.05, 0.1) is 18.8 Å². The number of benzene rings is 1. The SMILES string of the molecule is COc1cc(C)c(C)cc1/C(C#N)=C/C(C)C. The summed E-state index contributed by atoms with van der Waals surface area (Å²) >= 11 is 0. The molecule has 0 radical (unpaired) electrons. The third-order valence-electron chi connectivity index (χ3n) is 2.73. The van der Waals surface area contributed by atoms with E-state index in [9.17, 15) is 5.26 Å². The van der Waals surface area contributed by atoms with Gasteiger partial charge in [-0.25, -0.2) is 0 Å². The van der Waals surface area contributed by atoms with Crippen LogP contribution in [0.25, 0.3) is 5.57 Å². The molecule has 0 aliphatic carbocycles. The number of nitrogens with zero attached hydrogens (tertiary/aromatic N) is 1. The highest BCUT2D eigenvalue weighted by Crippen LogP contribution is 2.29. The number of hydrogen-bond donors (Lipinski definition) is 0. The second-order valence-corrected chi connectivity index (χ2v) is 4.57. The van der Waals surface area contributed by atoms with Crippen LogP contribution in [0, 0.1) is 31.1 Å². The average Bonchev–Trinajstić information content (AvgIpc) is 2.28.